The number of nitrogens with one attached hydrogen (secondary N) is 1. The van der Waals surface area contributed by atoms with Crippen LogP contribution < -0.4 is 5.32 Å². The van der Waals surface area contributed by atoms with E-state index in [0.29, 0.717) is 6.42 Å². The van der Waals surface area contributed by atoms with E-state index < -0.39 is 0 Å². The summed E-state index contributed by atoms with van der Waals surface area (Å²) < 4.78 is 0. The molecule has 2 aromatic heterocycles. The molecule has 17 heavy (non-hydrogen) atoms. The summed E-state index contributed by atoms with van der Waals surface area (Å²) in [6.45, 7) is 1.97. The molecule has 0 aromatic carbocycles. The fourth-order valence-electron chi connectivity index (χ4n) is 1.39. The molecular formula is C12H12N4S. The quantitative estimate of drug-likeness (QED) is 0.898. The lowest BCUT2D eigenvalue weighted by Crippen LogP contribution is -2.13. The van der Waals surface area contributed by atoms with Crippen LogP contribution in [0.2, 0.25) is 0 Å². The van der Waals surface area contributed by atoms with Crippen LogP contribution in [0.5, 0.6) is 0 Å². The van der Waals surface area contributed by atoms with E-state index in [9.17, 15) is 0 Å². The first-order valence-electron chi connectivity index (χ1n) is 5.29. The molecule has 0 saturated heterocycles. The maximum absolute atomic E-state index is 8.58. The van der Waals surface area contributed by atoms with Gasteiger partial charge in [0.25, 0.3) is 0 Å². The number of thiazole rings is 1. The molecular weight excluding hydrogens is 232 g/mol. The Labute approximate surface area is 104 Å². The highest BCUT2D eigenvalue weighted by Crippen LogP contribution is 2.24. The van der Waals surface area contributed by atoms with Crippen molar-refractivity contribution in [1.29, 1.82) is 5.26 Å². The van der Waals surface area contributed by atoms with Crippen LogP contribution in [-0.4, -0.2) is 16.0 Å². The van der Waals surface area contributed by atoms with Gasteiger partial charge < -0.3 is 5.32 Å². The van der Waals surface area contributed by atoms with Crippen LogP contribution in [0.4, 0.5) is 5.13 Å². The summed E-state index contributed by atoms with van der Waals surface area (Å²) in [4.78, 5) is 8.52. The lowest BCUT2D eigenvalue weighted by molar-refractivity contribution is 0.819. The fourth-order valence-corrected chi connectivity index (χ4v) is 2.22. The predicted molar refractivity (Wildman–Crippen MR) is 68.7 cm³/mol. The van der Waals surface area contributed by atoms with Gasteiger partial charge in [-0.05, 0) is 19.1 Å². The lowest BCUT2D eigenvalue weighted by Gasteiger charge is -2.07. The Bertz CT molecular complexity index is 515. The zero-order valence-corrected chi connectivity index (χ0v) is 10.2. The molecule has 0 fully saturated rings. The van der Waals surface area contributed by atoms with Gasteiger partial charge in [-0.15, -0.1) is 11.3 Å². The van der Waals surface area contributed by atoms with Crippen molar-refractivity contribution in [2.45, 2.75) is 19.4 Å². The number of rotatable bonds is 4. The van der Waals surface area contributed by atoms with Crippen molar-refractivity contribution in [3.8, 4) is 17.3 Å². The molecule has 0 spiro atoms. The minimum atomic E-state index is 0.118. The van der Waals surface area contributed by atoms with Gasteiger partial charge in [-0.3, -0.25) is 4.98 Å². The number of nitrogens with zero attached hydrogens (tertiary/aromatic N) is 3. The van der Waals surface area contributed by atoms with Crippen LogP contribution in [0.25, 0.3) is 11.3 Å². The summed E-state index contributed by atoms with van der Waals surface area (Å²) in [5.41, 5.74) is 1.92. The van der Waals surface area contributed by atoms with Crippen molar-refractivity contribution >= 4 is 16.5 Å². The number of hydrogen-bond donors (Lipinski definition) is 1. The first-order chi connectivity index (χ1) is 8.29. The number of aromatic nitrogens is 2. The number of anilines is 1. The van der Waals surface area contributed by atoms with Crippen LogP contribution in [0.1, 0.15) is 13.3 Å². The molecule has 0 aliphatic carbocycles. The largest absolute Gasteiger partial charge is 0.358 e. The van der Waals surface area contributed by atoms with E-state index in [1.54, 1.807) is 12.4 Å². The van der Waals surface area contributed by atoms with E-state index >= 15 is 0 Å². The third-order valence-electron chi connectivity index (χ3n) is 2.23. The van der Waals surface area contributed by atoms with Gasteiger partial charge in [0.15, 0.2) is 5.13 Å². The molecule has 0 aliphatic rings. The molecule has 2 heterocycles. The van der Waals surface area contributed by atoms with E-state index in [-0.39, 0.29) is 6.04 Å². The topological polar surface area (TPSA) is 61.6 Å². The van der Waals surface area contributed by atoms with E-state index in [1.165, 1.54) is 11.3 Å². The van der Waals surface area contributed by atoms with Crippen LogP contribution in [0.3, 0.4) is 0 Å². The molecule has 2 aromatic rings. The highest BCUT2D eigenvalue weighted by atomic mass is 32.1. The minimum absolute atomic E-state index is 0.118. The molecule has 0 amide bonds. The Balaban J connectivity index is 2.09. The zero-order chi connectivity index (χ0) is 12.1. The molecule has 86 valence electrons. The molecule has 4 nitrogen and oxygen atoms in total. The van der Waals surface area contributed by atoms with Gasteiger partial charge >= 0.3 is 0 Å². The fraction of sp³-hybridized carbons (Fsp3) is 0.250. The van der Waals surface area contributed by atoms with Crippen molar-refractivity contribution in [2.75, 3.05) is 5.32 Å². The third kappa shape index (κ3) is 3.02. The van der Waals surface area contributed by atoms with E-state index in [2.05, 4.69) is 21.4 Å². The van der Waals surface area contributed by atoms with Gasteiger partial charge in [0, 0.05) is 29.4 Å². The van der Waals surface area contributed by atoms with Gasteiger partial charge in [0.05, 0.1) is 18.2 Å². The first-order valence-corrected chi connectivity index (χ1v) is 6.17. The standard InChI is InChI=1S/C12H12N4S/c1-9(4-5-13)15-12-16-11(8-17-12)10-3-2-6-14-7-10/h2-3,6-9H,4H2,1H3,(H,15,16). The monoisotopic (exact) mass is 244 g/mol. The van der Waals surface area contributed by atoms with E-state index in [1.807, 2.05) is 24.4 Å². The van der Waals surface area contributed by atoms with Crippen LogP contribution >= 0.6 is 11.3 Å². The Kier molecular flexibility index (Phi) is 3.68. The molecule has 1 unspecified atom stereocenters. The van der Waals surface area contributed by atoms with Gasteiger partial charge in [-0.25, -0.2) is 4.98 Å². The summed E-state index contributed by atoms with van der Waals surface area (Å²) >= 11 is 1.54. The first kappa shape index (κ1) is 11.6. The Morgan fingerprint density at radius 3 is 3.18 bits per heavy atom. The molecule has 0 bridgehead atoms. The van der Waals surface area contributed by atoms with E-state index in [0.717, 1.165) is 16.4 Å². The van der Waals surface area contributed by atoms with Gasteiger partial charge in [0.1, 0.15) is 0 Å². The lowest BCUT2D eigenvalue weighted by atomic mass is 10.2. The molecule has 2 rings (SSSR count). The van der Waals surface area contributed by atoms with Crippen molar-refractivity contribution < 1.29 is 0 Å². The maximum Gasteiger partial charge on any atom is 0.183 e. The Morgan fingerprint density at radius 2 is 2.47 bits per heavy atom. The van der Waals surface area contributed by atoms with Gasteiger partial charge in [-0.2, -0.15) is 5.26 Å². The van der Waals surface area contributed by atoms with Crippen molar-refractivity contribution in [3.05, 3.63) is 29.9 Å². The van der Waals surface area contributed by atoms with E-state index in [4.69, 9.17) is 5.26 Å². The third-order valence-corrected chi connectivity index (χ3v) is 3.00. The van der Waals surface area contributed by atoms with Crippen LogP contribution in [0.15, 0.2) is 29.9 Å². The normalized spacial score (nSPS) is 11.8. The molecule has 1 atom stereocenters. The summed E-state index contributed by atoms with van der Waals surface area (Å²) in [6, 6.07) is 6.11. The van der Waals surface area contributed by atoms with Crippen LogP contribution in [-0.2, 0) is 0 Å². The molecule has 1 N–H and O–H groups in total. The average molecular weight is 244 g/mol. The average Bonchev–Trinajstić information content (AvgIpc) is 2.79. The molecule has 0 saturated carbocycles. The second-order valence-electron chi connectivity index (χ2n) is 3.69. The Morgan fingerprint density at radius 1 is 1.59 bits per heavy atom. The zero-order valence-electron chi connectivity index (χ0n) is 9.42. The van der Waals surface area contributed by atoms with Crippen molar-refractivity contribution in [3.63, 3.8) is 0 Å². The molecule has 5 heteroatoms. The number of pyridine rings is 1. The van der Waals surface area contributed by atoms with Crippen molar-refractivity contribution in [2.24, 2.45) is 0 Å². The highest BCUT2D eigenvalue weighted by molar-refractivity contribution is 7.14. The van der Waals surface area contributed by atoms with Crippen LogP contribution in [0, 0.1) is 11.3 Å². The SMILES string of the molecule is CC(CC#N)Nc1nc(-c2cccnc2)cs1. The maximum atomic E-state index is 8.58. The number of hydrogen-bond acceptors (Lipinski definition) is 5. The minimum Gasteiger partial charge on any atom is -0.358 e. The summed E-state index contributed by atoms with van der Waals surface area (Å²) in [6.07, 6.45) is 4.00. The smallest absolute Gasteiger partial charge is 0.183 e. The second-order valence-corrected chi connectivity index (χ2v) is 4.55. The van der Waals surface area contributed by atoms with Gasteiger partial charge in [-0.1, -0.05) is 0 Å². The summed E-state index contributed by atoms with van der Waals surface area (Å²) in [5.74, 6) is 0. The number of nitriles is 1. The summed E-state index contributed by atoms with van der Waals surface area (Å²) in [7, 11) is 0. The molecule has 0 aliphatic heterocycles. The molecule has 0 radical (unpaired) electrons. The highest BCUT2D eigenvalue weighted by Gasteiger charge is 2.07. The van der Waals surface area contributed by atoms with Crippen molar-refractivity contribution in [1.82, 2.24) is 9.97 Å². The summed E-state index contributed by atoms with van der Waals surface area (Å²) in [5, 5.41) is 14.6. The predicted octanol–water partition coefficient (Wildman–Crippen LogP) is 2.92. The second kappa shape index (κ2) is 5.41. The Hall–Kier alpha value is -1.93. The van der Waals surface area contributed by atoms with Gasteiger partial charge in [0.2, 0.25) is 0 Å².